The molecule has 0 radical (unpaired) electrons. The molecule has 1 aromatic carbocycles. The summed E-state index contributed by atoms with van der Waals surface area (Å²) in [4.78, 5) is 29.5. The molecule has 5 rings (SSSR count). The van der Waals surface area contributed by atoms with Gasteiger partial charge in [0.15, 0.2) is 0 Å². The molecule has 0 bridgehead atoms. The van der Waals surface area contributed by atoms with Gasteiger partial charge >= 0.3 is 0 Å². The van der Waals surface area contributed by atoms with Crippen LogP contribution >= 0.6 is 0 Å². The summed E-state index contributed by atoms with van der Waals surface area (Å²) >= 11 is 0. The first kappa shape index (κ1) is 23.7. The van der Waals surface area contributed by atoms with E-state index in [2.05, 4.69) is 15.6 Å². The first-order valence-corrected chi connectivity index (χ1v) is 12.2. The Morgan fingerprint density at radius 3 is 2.77 bits per heavy atom. The standard InChI is InChI=1S/C26H31N3O6/c30-15-23-25-21(12-19(34-23)13-24(31)28-14-18-3-1-2-8-27-18)20-11-17(4-5-22(20)35-25)29-26(32)16-6-9-33-10-7-16/h1-5,8,11,16,19,21,23,25,30H,6-7,9-10,12-15H2,(H,28,31)(H,29,32)/t19-,21-,23-,25+/m0/s1. The normalized spacial score (nSPS) is 25.7. The lowest BCUT2D eigenvalue weighted by Crippen LogP contribution is -2.47. The number of fused-ring (bicyclic) bond motifs is 3. The number of aliphatic hydroxyl groups is 1. The molecule has 4 heterocycles. The number of anilines is 1. The molecular formula is C26H31N3O6. The van der Waals surface area contributed by atoms with Gasteiger partial charge in [-0.05, 0) is 49.6 Å². The third-order valence-electron chi connectivity index (χ3n) is 6.96. The number of carbonyl (C=O) groups excluding carboxylic acids is 2. The minimum absolute atomic E-state index is 0.00591. The maximum absolute atomic E-state index is 12.7. The molecule has 2 aromatic rings. The summed E-state index contributed by atoms with van der Waals surface area (Å²) in [6.07, 6.45) is 2.69. The molecule has 3 N–H and O–H groups in total. The van der Waals surface area contributed by atoms with Crippen molar-refractivity contribution in [2.45, 2.75) is 56.5 Å². The summed E-state index contributed by atoms with van der Waals surface area (Å²) in [5.74, 6) is 0.520. The van der Waals surface area contributed by atoms with Crippen LogP contribution in [0.4, 0.5) is 5.69 Å². The Bertz CT molecular complexity index is 1040. The van der Waals surface area contributed by atoms with Crippen LogP contribution in [-0.4, -0.2) is 60.0 Å². The predicted molar refractivity (Wildman–Crippen MR) is 127 cm³/mol. The highest BCUT2D eigenvalue weighted by molar-refractivity contribution is 5.92. The van der Waals surface area contributed by atoms with Gasteiger partial charge in [0.1, 0.15) is 18.0 Å². The number of pyridine rings is 1. The number of aromatic nitrogens is 1. The van der Waals surface area contributed by atoms with Gasteiger partial charge in [0.25, 0.3) is 0 Å². The molecule has 9 nitrogen and oxygen atoms in total. The number of benzene rings is 1. The van der Waals surface area contributed by atoms with Gasteiger partial charge in [-0.3, -0.25) is 14.6 Å². The highest BCUT2D eigenvalue weighted by Crippen LogP contribution is 2.47. The van der Waals surface area contributed by atoms with Crippen molar-refractivity contribution in [2.24, 2.45) is 5.92 Å². The van der Waals surface area contributed by atoms with Crippen molar-refractivity contribution in [2.75, 3.05) is 25.1 Å². The largest absolute Gasteiger partial charge is 0.487 e. The van der Waals surface area contributed by atoms with E-state index in [1.165, 1.54) is 0 Å². The number of rotatable bonds is 7. The highest BCUT2D eigenvalue weighted by atomic mass is 16.6. The lowest BCUT2D eigenvalue weighted by Gasteiger charge is -2.37. The van der Waals surface area contributed by atoms with E-state index in [9.17, 15) is 14.7 Å². The molecule has 3 aliphatic rings. The van der Waals surface area contributed by atoms with Crippen LogP contribution in [0.3, 0.4) is 0 Å². The molecule has 0 spiro atoms. The Hall–Kier alpha value is -3.01. The lowest BCUT2D eigenvalue weighted by molar-refractivity contribution is -0.142. The second kappa shape index (κ2) is 10.7. The average Bonchev–Trinajstić information content (AvgIpc) is 3.26. The molecule has 4 atom stereocenters. The van der Waals surface area contributed by atoms with E-state index in [0.717, 1.165) is 35.5 Å². The summed E-state index contributed by atoms with van der Waals surface area (Å²) in [5.41, 5.74) is 2.48. The Kier molecular flexibility index (Phi) is 7.26. The van der Waals surface area contributed by atoms with Gasteiger partial charge in [0.2, 0.25) is 11.8 Å². The maximum atomic E-state index is 12.7. The van der Waals surface area contributed by atoms with Crippen molar-refractivity contribution in [1.82, 2.24) is 10.3 Å². The zero-order valence-electron chi connectivity index (χ0n) is 19.5. The van der Waals surface area contributed by atoms with Crippen molar-refractivity contribution < 1.29 is 28.9 Å². The number of nitrogens with one attached hydrogen (secondary N) is 2. The molecule has 2 saturated heterocycles. The van der Waals surface area contributed by atoms with Gasteiger partial charge in [0, 0.05) is 42.5 Å². The van der Waals surface area contributed by atoms with Crippen molar-refractivity contribution in [1.29, 1.82) is 0 Å². The van der Waals surface area contributed by atoms with Crippen LogP contribution < -0.4 is 15.4 Å². The topological polar surface area (TPSA) is 119 Å². The fourth-order valence-electron chi connectivity index (χ4n) is 5.14. The predicted octanol–water partition coefficient (Wildman–Crippen LogP) is 2.15. The number of aliphatic hydroxyl groups excluding tert-OH is 1. The third kappa shape index (κ3) is 5.47. The van der Waals surface area contributed by atoms with Crippen LogP contribution in [0.25, 0.3) is 0 Å². The molecule has 3 aliphatic heterocycles. The highest BCUT2D eigenvalue weighted by Gasteiger charge is 2.46. The van der Waals surface area contributed by atoms with Gasteiger partial charge in [-0.1, -0.05) is 6.07 Å². The SMILES string of the molecule is O=C(C[C@@H]1C[C@H]2c3cc(NC(=O)C4CCOCC4)ccc3O[C@H]2[C@H](CO)O1)NCc1ccccn1. The van der Waals surface area contributed by atoms with Crippen molar-refractivity contribution >= 4 is 17.5 Å². The van der Waals surface area contributed by atoms with E-state index in [4.69, 9.17) is 14.2 Å². The average molecular weight is 482 g/mol. The fraction of sp³-hybridized carbons (Fsp3) is 0.500. The van der Waals surface area contributed by atoms with Crippen LogP contribution in [0.2, 0.25) is 0 Å². The van der Waals surface area contributed by atoms with Crippen LogP contribution in [-0.2, 0) is 25.6 Å². The van der Waals surface area contributed by atoms with Gasteiger partial charge in [0.05, 0.1) is 31.4 Å². The van der Waals surface area contributed by atoms with Crippen LogP contribution in [0.5, 0.6) is 5.75 Å². The Balaban J connectivity index is 1.24. The Labute approximate surface area is 204 Å². The number of nitrogens with zero attached hydrogens (tertiary/aromatic N) is 1. The van der Waals surface area contributed by atoms with E-state index in [1.54, 1.807) is 6.20 Å². The molecule has 2 fully saturated rings. The molecule has 35 heavy (non-hydrogen) atoms. The second-order valence-corrected chi connectivity index (χ2v) is 9.33. The van der Waals surface area contributed by atoms with E-state index >= 15 is 0 Å². The summed E-state index contributed by atoms with van der Waals surface area (Å²) < 4.78 is 17.5. The molecular weight excluding hydrogens is 450 g/mol. The van der Waals surface area contributed by atoms with Crippen LogP contribution in [0.15, 0.2) is 42.6 Å². The number of hydrogen-bond donors (Lipinski definition) is 3. The molecule has 9 heteroatoms. The van der Waals surface area contributed by atoms with Crippen molar-refractivity contribution in [3.63, 3.8) is 0 Å². The molecule has 0 aliphatic carbocycles. The number of carbonyl (C=O) groups is 2. The first-order chi connectivity index (χ1) is 17.1. The zero-order valence-corrected chi connectivity index (χ0v) is 19.5. The van der Waals surface area contributed by atoms with E-state index < -0.39 is 6.10 Å². The molecule has 2 amide bonds. The van der Waals surface area contributed by atoms with E-state index in [0.29, 0.717) is 26.2 Å². The molecule has 1 aromatic heterocycles. The Morgan fingerprint density at radius 1 is 1.14 bits per heavy atom. The smallest absolute Gasteiger partial charge is 0.227 e. The van der Waals surface area contributed by atoms with Gasteiger partial charge in [-0.2, -0.15) is 0 Å². The summed E-state index contributed by atoms with van der Waals surface area (Å²) in [6, 6.07) is 11.2. The summed E-state index contributed by atoms with van der Waals surface area (Å²) in [6.45, 7) is 1.37. The van der Waals surface area contributed by atoms with E-state index in [1.807, 2.05) is 36.4 Å². The summed E-state index contributed by atoms with van der Waals surface area (Å²) in [7, 11) is 0. The molecule has 0 unspecified atom stereocenters. The van der Waals surface area contributed by atoms with Gasteiger partial charge in [-0.15, -0.1) is 0 Å². The monoisotopic (exact) mass is 481 g/mol. The van der Waals surface area contributed by atoms with Crippen LogP contribution in [0, 0.1) is 5.92 Å². The molecule has 0 saturated carbocycles. The lowest BCUT2D eigenvalue weighted by atomic mass is 9.84. The Morgan fingerprint density at radius 2 is 2.00 bits per heavy atom. The number of amides is 2. The number of ether oxygens (including phenoxy) is 3. The summed E-state index contributed by atoms with van der Waals surface area (Å²) in [5, 5.41) is 15.9. The third-order valence-corrected chi connectivity index (χ3v) is 6.96. The van der Waals surface area contributed by atoms with Gasteiger partial charge in [-0.25, -0.2) is 0 Å². The maximum Gasteiger partial charge on any atom is 0.227 e. The quantitative estimate of drug-likeness (QED) is 0.554. The van der Waals surface area contributed by atoms with Crippen molar-refractivity contribution in [3.8, 4) is 5.75 Å². The fourth-order valence-corrected chi connectivity index (χ4v) is 5.14. The van der Waals surface area contributed by atoms with Gasteiger partial charge < -0.3 is 30.0 Å². The van der Waals surface area contributed by atoms with Crippen molar-refractivity contribution in [3.05, 3.63) is 53.9 Å². The minimum Gasteiger partial charge on any atom is -0.487 e. The minimum atomic E-state index is -0.532. The number of hydrogen-bond acceptors (Lipinski definition) is 7. The van der Waals surface area contributed by atoms with E-state index in [-0.39, 0.29) is 48.9 Å². The van der Waals surface area contributed by atoms with Crippen LogP contribution in [0.1, 0.15) is 42.9 Å². The second-order valence-electron chi connectivity index (χ2n) is 9.33. The first-order valence-electron chi connectivity index (χ1n) is 12.2. The molecule has 186 valence electrons. The zero-order chi connectivity index (χ0) is 24.2.